The highest BCUT2D eigenvalue weighted by molar-refractivity contribution is 6.14. The van der Waals surface area contributed by atoms with E-state index in [9.17, 15) is 0 Å². The highest BCUT2D eigenvalue weighted by Gasteiger charge is 2.11. The summed E-state index contributed by atoms with van der Waals surface area (Å²) in [6.07, 6.45) is 25.6. The molecule has 160 valence electrons. The van der Waals surface area contributed by atoms with Gasteiger partial charge >= 0.3 is 0 Å². The van der Waals surface area contributed by atoms with Gasteiger partial charge in [-0.1, -0.05) is 24.3 Å². The van der Waals surface area contributed by atoms with Crippen molar-refractivity contribution in [3.63, 3.8) is 0 Å². The molecule has 5 aliphatic heterocycles. The van der Waals surface area contributed by atoms with E-state index in [0.717, 1.165) is 51.2 Å². The molecule has 1 aromatic heterocycles. The fraction of sp³-hybridized carbons (Fsp3) is 0. The standard InChI is InChI=1S/C20H12N4.C9H7N/c1-2-14-10-16-5-6-18(23-16)12-20-8-7-19(24-20)11-17-4-3-15(22-17)9-13(1)21-14;1-2-6-9-8(4-1)5-3-7-10-9/h1-12H;1-7H. The molecular weight excluding hydrogens is 418 g/mol. The molecule has 1 aromatic carbocycles. The van der Waals surface area contributed by atoms with Gasteiger partial charge < -0.3 is 0 Å². The molecule has 0 fully saturated rings. The van der Waals surface area contributed by atoms with E-state index in [2.05, 4.69) is 37.1 Å². The Labute approximate surface area is 197 Å². The number of aromatic nitrogens is 1. The summed E-state index contributed by atoms with van der Waals surface area (Å²) in [4.78, 5) is 22.6. The average molecular weight is 438 g/mol. The van der Waals surface area contributed by atoms with E-state index >= 15 is 0 Å². The first-order chi connectivity index (χ1) is 16.8. The number of fused-ring (bicyclic) bond motifs is 5. The predicted octanol–water partition coefficient (Wildman–Crippen LogP) is 5.81. The molecule has 7 rings (SSSR count). The summed E-state index contributed by atoms with van der Waals surface area (Å²) in [5.41, 5.74) is 8.21. The normalized spacial score (nSPS) is 18.9. The number of aliphatic imine (C=N–C) groups is 4. The lowest BCUT2D eigenvalue weighted by Crippen LogP contribution is -1.89. The Kier molecular flexibility index (Phi) is 5.05. The second-order valence-electron chi connectivity index (χ2n) is 7.95. The highest BCUT2D eigenvalue weighted by Crippen LogP contribution is 2.20. The van der Waals surface area contributed by atoms with Gasteiger partial charge in [-0.25, -0.2) is 20.0 Å². The monoisotopic (exact) mass is 437 g/mol. The topological polar surface area (TPSA) is 62.3 Å². The second-order valence-corrected chi connectivity index (χ2v) is 7.95. The van der Waals surface area contributed by atoms with E-state index in [1.165, 1.54) is 5.39 Å². The Morgan fingerprint density at radius 2 is 0.824 bits per heavy atom. The third kappa shape index (κ3) is 4.40. The van der Waals surface area contributed by atoms with Crippen LogP contribution in [0.2, 0.25) is 0 Å². The molecule has 5 aliphatic rings. The summed E-state index contributed by atoms with van der Waals surface area (Å²) in [7, 11) is 0. The van der Waals surface area contributed by atoms with Crippen LogP contribution in [0.15, 0.2) is 158 Å². The molecule has 0 aliphatic carbocycles. The minimum absolute atomic E-state index is 0.894. The molecule has 0 atom stereocenters. The Balaban J connectivity index is 0.000000182. The Morgan fingerprint density at radius 3 is 1.26 bits per heavy atom. The Bertz CT molecular complexity index is 1330. The zero-order valence-corrected chi connectivity index (χ0v) is 18.2. The molecule has 5 nitrogen and oxygen atoms in total. The third-order valence-electron chi connectivity index (χ3n) is 5.43. The molecule has 0 saturated heterocycles. The van der Waals surface area contributed by atoms with Crippen LogP contribution < -0.4 is 0 Å². The number of allylic oxidation sites excluding steroid dienone is 12. The van der Waals surface area contributed by atoms with E-state index in [0.29, 0.717) is 0 Å². The lowest BCUT2D eigenvalue weighted by atomic mass is 10.2. The van der Waals surface area contributed by atoms with Gasteiger partial charge in [-0.15, -0.1) is 0 Å². The van der Waals surface area contributed by atoms with Gasteiger partial charge in [0.15, 0.2) is 0 Å². The minimum Gasteiger partial charge on any atom is -0.256 e. The van der Waals surface area contributed by atoms with Gasteiger partial charge in [0, 0.05) is 11.6 Å². The first-order valence-corrected chi connectivity index (χ1v) is 11.0. The summed E-state index contributed by atoms with van der Waals surface area (Å²) < 4.78 is 0. The van der Waals surface area contributed by atoms with E-state index in [4.69, 9.17) is 0 Å². The van der Waals surface area contributed by atoms with Gasteiger partial charge in [0.25, 0.3) is 0 Å². The van der Waals surface area contributed by atoms with Crippen LogP contribution in [0.3, 0.4) is 0 Å². The van der Waals surface area contributed by atoms with E-state index in [1.54, 1.807) is 0 Å². The van der Waals surface area contributed by atoms with Crippen molar-refractivity contribution in [3.8, 4) is 0 Å². The lowest BCUT2D eigenvalue weighted by molar-refractivity contribution is 1.41. The fourth-order valence-electron chi connectivity index (χ4n) is 3.84. The number of hydrogen-bond acceptors (Lipinski definition) is 5. The van der Waals surface area contributed by atoms with E-state index < -0.39 is 0 Å². The van der Waals surface area contributed by atoms with Crippen LogP contribution in [-0.2, 0) is 0 Å². The van der Waals surface area contributed by atoms with Crippen LogP contribution in [0.4, 0.5) is 0 Å². The largest absolute Gasteiger partial charge is 0.256 e. The Morgan fingerprint density at radius 1 is 0.412 bits per heavy atom. The van der Waals surface area contributed by atoms with Crippen molar-refractivity contribution >= 4 is 33.7 Å². The molecule has 0 unspecified atom stereocenters. The summed E-state index contributed by atoms with van der Waals surface area (Å²) >= 11 is 0. The summed E-state index contributed by atoms with van der Waals surface area (Å²) in [6, 6.07) is 12.1. The van der Waals surface area contributed by atoms with Crippen molar-refractivity contribution in [2.75, 3.05) is 0 Å². The van der Waals surface area contributed by atoms with Crippen molar-refractivity contribution in [1.29, 1.82) is 0 Å². The number of para-hydroxylation sites is 1. The zero-order chi connectivity index (χ0) is 22.7. The zero-order valence-electron chi connectivity index (χ0n) is 18.2. The Hall–Kier alpha value is -4.77. The van der Waals surface area contributed by atoms with Gasteiger partial charge in [-0.05, 0) is 85.0 Å². The molecule has 2 aromatic rings. The van der Waals surface area contributed by atoms with Crippen LogP contribution in [0.25, 0.3) is 10.9 Å². The predicted molar refractivity (Wildman–Crippen MR) is 140 cm³/mol. The second kappa shape index (κ2) is 8.64. The molecule has 0 saturated carbocycles. The van der Waals surface area contributed by atoms with Crippen LogP contribution in [0, 0.1) is 0 Å². The summed E-state index contributed by atoms with van der Waals surface area (Å²) in [6.45, 7) is 0. The van der Waals surface area contributed by atoms with Crippen molar-refractivity contribution < 1.29 is 0 Å². The first-order valence-electron chi connectivity index (χ1n) is 11.0. The quantitative estimate of drug-likeness (QED) is 0.513. The molecule has 0 spiro atoms. The van der Waals surface area contributed by atoms with Gasteiger partial charge in [0.2, 0.25) is 0 Å². The summed E-state index contributed by atoms with van der Waals surface area (Å²) in [5.74, 6) is 0. The number of nitrogens with zero attached hydrogens (tertiary/aromatic N) is 5. The molecule has 5 heteroatoms. The van der Waals surface area contributed by atoms with Crippen LogP contribution in [0.1, 0.15) is 0 Å². The third-order valence-corrected chi connectivity index (χ3v) is 5.43. The van der Waals surface area contributed by atoms with Crippen molar-refractivity contribution in [3.05, 3.63) is 138 Å². The first kappa shape index (κ1) is 19.9. The van der Waals surface area contributed by atoms with Gasteiger partial charge in [-0.2, -0.15) is 0 Å². The van der Waals surface area contributed by atoms with Crippen molar-refractivity contribution in [2.45, 2.75) is 0 Å². The highest BCUT2D eigenvalue weighted by atomic mass is 14.8. The van der Waals surface area contributed by atoms with Crippen LogP contribution >= 0.6 is 0 Å². The molecule has 0 amide bonds. The molecule has 34 heavy (non-hydrogen) atoms. The SMILES string of the molecule is C1=CC2=NC1=CC1=NC(=CC3=NC(=CC4=NC(=C2)C=C4)C=C3)C=C1.c1ccc2ncccc2c1. The molecule has 0 N–H and O–H groups in total. The number of hydrogen-bond donors (Lipinski definition) is 0. The molecular formula is C29H19N5. The van der Waals surface area contributed by atoms with Gasteiger partial charge in [0.05, 0.1) is 51.2 Å². The summed E-state index contributed by atoms with van der Waals surface area (Å²) in [5, 5.41) is 1.20. The minimum atomic E-state index is 0.894. The maximum atomic E-state index is 4.59. The number of rotatable bonds is 0. The number of benzene rings is 1. The molecule has 8 bridgehead atoms. The van der Waals surface area contributed by atoms with Gasteiger partial charge in [0.1, 0.15) is 0 Å². The van der Waals surface area contributed by atoms with Crippen molar-refractivity contribution in [1.82, 2.24) is 4.98 Å². The fourth-order valence-corrected chi connectivity index (χ4v) is 3.84. The van der Waals surface area contributed by atoms with Crippen molar-refractivity contribution in [2.24, 2.45) is 20.0 Å². The van der Waals surface area contributed by atoms with Crippen LogP contribution in [0.5, 0.6) is 0 Å². The van der Waals surface area contributed by atoms with E-state index in [-0.39, 0.29) is 0 Å². The molecule has 6 heterocycles. The maximum Gasteiger partial charge on any atom is 0.0701 e. The maximum absolute atomic E-state index is 4.59. The van der Waals surface area contributed by atoms with E-state index in [1.807, 2.05) is 103 Å². The molecule has 0 radical (unpaired) electrons. The van der Waals surface area contributed by atoms with Gasteiger partial charge in [-0.3, -0.25) is 4.98 Å². The number of pyridine rings is 1. The lowest BCUT2D eigenvalue weighted by Gasteiger charge is -1.94. The van der Waals surface area contributed by atoms with Crippen LogP contribution in [-0.4, -0.2) is 27.8 Å². The average Bonchev–Trinajstić information content (AvgIpc) is 3.66. The smallest absolute Gasteiger partial charge is 0.0701 e.